The van der Waals surface area contributed by atoms with Crippen LogP contribution < -0.4 is 10.0 Å². The number of nitrogens with one attached hydrogen (secondary N) is 2. The zero-order chi connectivity index (χ0) is 20.7. The van der Waals surface area contributed by atoms with E-state index in [0.717, 1.165) is 23.4 Å². The van der Waals surface area contributed by atoms with Crippen LogP contribution in [0.1, 0.15) is 11.3 Å². The Hall–Kier alpha value is -3.26. The fourth-order valence-corrected chi connectivity index (χ4v) is 3.70. The number of anilines is 1. The minimum Gasteiger partial charge on any atom is -0.355 e. The first-order valence-electron chi connectivity index (χ1n) is 8.96. The van der Waals surface area contributed by atoms with Crippen molar-refractivity contribution in [2.75, 3.05) is 11.3 Å². The number of hydrogen-bond acceptors (Lipinski definition) is 4. The van der Waals surface area contributed by atoms with Crippen LogP contribution >= 0.6 is 0 Å². The van der Waals surface area contributed by atoms with E-state index >= 15 is 0 Å². The van der Waals surface area contributed by atoms with E-state index in [1.807, 2.05) is 18.2 Å². The molecule has 1 heterocycles. The van der Waals surface area contributed by atoms with E-state index in [9.17, 15) is 17.6 Å². The van der Waals surface area contributed by atoms with Gasteiger partial charge in [-0.05, 0) is 54.1 Å². The quantitative estimate of drug-likeness (QED) is 0.594. The van der Waals surface area contributed by atoms with Gasteiger partial charge in [0.25, 0.3) is 10.0 Å². The maximum absolute atomic E-state index is 13.0. The molecule has 2 aromatic carbocycles. The summed E-state index contributed by atoms with van der Waals surface area (Å²) in [5, 5.41) is 2.84. The molecular formula is C21H20FN3O3S. The Labute approximate surface area is 168 Å². The summed E-state index contributed by atoms with van der Waals surface area (Å²) in [6.45, 7) is 0.491. The van der Waals surface area contributed by atoms with E-state index in [4.69, 9.17) is 0 Å². The number of nitrogens with zero attached hydrogens (tertiary/aromatic N) is 1. The summed E-state index contributed by atoms with van der Waals surface area (Å²) in [5.41, 5.74) is 2.02. The van der Waals surface area contributed by atoms with Gasteiger partial charge < -0.3 is 5.32 Å². The van der Waals surface area contributed by atoms with Crippen molar-refractivity contribution in [1.29, 1.82) is 0 Å². The Morgan fingerprint density at radius 2 is 1.69 bits per heavy atom. The molecule has 0 spiro atoms. The molecule has 1 aromatic heterocycles. The lowest BCUT2D eigenvalue weighted by Gasteiger charge is -2.09. The molecule has 0 bridgehead atoms. The lowest BCUT2D eigenvalue weighted by molar-refractivity contribution is -0.120. The maximum atomic E-state index is 13.0. The normalized spacial score (nSPS) is 11.1. The second kappa shape index (κ2) is 9.29. The third-order valence-corrected chi connectivity index (χ3v) is 5.52. The zero-order valence-corrected chi connectivity index (χ0v) is 16.3. The van der Waals surface area contributed by atoms with Crippen LogP contribution in [0.3, 0.4) is 0 Å². The molecule has 0 unspecified atom stereocenters. The lowest BCUT2D eigenvalue weighted by atomic mass is 10.1. The number of halogens is 1. The lowest BCUT2D eigenvalue weighted by Crippen LogP contribution is -2.27. The first-order valence-corrected chi connectivity index (χ1v) is 10.4. The fraction of sp³-hybridized carbons (Fsp3) is 0.143. The smallest absolute Gasteiger partial charge is 0.261 e. The van der Waals surface area contributed by atoms with Crippen LogP contribution in [0.25, 0.3) is 0 Å². The van der Waals surface area contributed by atoms with Gasteiger partial charge in [-0.2, -0.15) is 0 Å². The van der Waals surface area contributed by atoms with E-state index in [2.05, 4.69) is 15.0 Å². The number of benzene rings is 2. The summed E-state index contributed by atoms with van der Waals surface area (Å²) in [6, 6.07) is 16.7. The van der Waals surface area contributed by atoms with Crippen LogP contribution in [0.2, 0.25) is 0 Å². The monoisotopic (exact) mass is 413 g/mol. The highest BCUT2D eigenvalue weighted by Crippen LogP contribution is 2.17. The molecule has 0 aliphatic rings. The Morgan fingerprint density at radius 3 is 2.34 bits per heavy atom. The van der Waals surface area contributed by atoms with Gasteiger partial charge in [-0.1, -0.05) is 18.2 Å². The average Bonchev–Trinajstić information content (AvgIpc) is 2.70. The molecule has 0 atom stereocenters. The van der Waals surface area contributed by atoms with Crippen LogP contribution in [0.4, 0.5) is 10.1 Å². The molecule has 3 aromatic rings. The number of rotatable bonds is 8. The van der Waals surface area contributed by atoms with E-state index in [1.165, 1.54) is 12.1 Å². The standard InChI is InChI=1S/C21H20FN3O3S/c22-17-6-10-20(11-7-17)29(27,28)25-19-8-4-16(5-9-19)15-21(26)24-14-12-18-3-1-2-13-23-18/h1-11,13,25H,12,14-15H2,(H,24,26). The predicted molar refractivity (Wildman–Crippen MR) is 108 cm³/mol. The van der Waals surface area contributed by atoms with Crippen molar-refractivity contribution >= 4 is 21.6 Å². The molecule has 0 fully saturated rings. The number of carbonyl (C=O) groups is 1. The summed E-state index contributed by atoms with van der Waals surface area (Å²) >= 11 is 0. The van der Waals surface area contributed by atoms with Gasteiger partial charge in [0.1, 0.15) is 5.82 Å². The van der Waals surface area contributed by atoms with E-state index in [-0.39, 0.29) is 17.2 Å². The van der Waals surface area contributed by atoms with Gasteiger partial charge in [0.05, 0.1) is 11.3 Å². The van der Waals surface area contributed by atoms with Crippen molar-refractivity contribution in [3.8, 4) is 0 Å². The fourth-order valence-electron chi connectivity index (χ4n) is 2.64. The van der Waals surface area contributed by atoms with Crippen molar-refractivity contribution in [2.45, 2.75) is 17.7 Å². The topological polar surface area (TPSA) is 88.2 Å². The van der Waals surface area contributed by atoms with Gasteiger partial charge in [0, 0.05) is 30.5 Å². The summed E-state index contributed by atoms with van der Waals surface area (Å²) in [7, 11) is -3.81. The van der Waals surface area contributed by atoms with Gasteiger partial charge >= 0.3 is 0 Å². The number of aromatic nitrogens is 1. The minimum absolute atomic E-state index is 0.0322. The van der Waals surface area contributed by atoms with Crippen molar-refractivity contribution in [1.82, 2.24) is 10.3 Å². The van der Waals surface area contributed by atoms with Gasteiger partial charge in [0.2, 0.25) is 5.91 Å². The van der Waals surface area contributed by atoms with Gasteiger partial charge in [-0.15, -0.1) is 0 Å². The molecule has 0 saturated heterocycles. The van der Waals surface area contributed by atoms with Crippen molar-refractivity contribution < 1.29 is 17.6 Å². The second-order valence-corrected chi connectivity index (χ2v) is 8.04. The number of hydrogen-bond donors (Lipinski definition) is 2. The molecular weight excluding hydrogens is 393 g/mol. The Kier molecular flexibility index (Phi) is 6.56. The molecule has 0 saturated carbocycles. The predicted octanol–water partition coefficient (Wildman–Crippen LogP) is 2.92. The highest BCUT2D eigenvalue weighted by Gasteiger charge is 2.14. The Bertz CT molecular complexity index is 1050. The average molecular weight is 413 g/mol. The van der Waals surface area contributed by atoms with Crippen LogP contribution in [0.15, 0.2) is 77.8 Å². The largest absolute Gasteiger partial charge is 0.355 e. The first-order chi connectivity index (χ1) is 13.9. The van der Waals surface area contributed by atoms with Crippen molar-refractivity contribution in [3.05, 3.63) is 90.0 Å². The first kappa shape index (κ1) is 20.5. The second-order valence-electron chi connectivity index (χ2n) is 6.35. The molecule has 1 amide bonds. The summed E-state index contributed by atoms with van der Waals surface area (Å²) in [4.78, 5) is 16.2. The minimum atomic E-state index is -3.81. The van der Waals surface area contributed by atoms with Crippen LogP contribution in [-0.4, -0.2) is 25.9 Å². The highest BCUT2D eigenvalue weighted by molar-refractivity contribution is 7.92. The third-order valence-electron chi connectivity index (χ3n) is 4.12. The van der Waals surface area contributed by atoms with Crippen LogP contribution in [0.5, 0.6) is 0 Å². The van der Waals surface area contributed by atoms with E-state index in [0.29, 0.717) is 18.7 Å². The zero-order valence-electron chi connectivity index (χ0n) is 15.5. The Morgan fingerprint density at radius 1 is 0.966 bits per heavy atom. The number of amides is 1. The van der Waals surface area contributed by atoms with Crippen molar-refractivity contribution in [2.24, 2.45) is 0 Å². The SMILES string of the molecule is O=C(Cc1ccc(NS(=O)(=O)c2ccc(F)cc2)cc1)NCCc1ccccn1. The molecule has 29 heavy (non-hydrogen) atoms. The number of carbonyl (C=O) groups excluding carboxylic acids is 1. The van der Waals surface area contributed by atoms with Crippen LogP contribution in [-0.2, 0) is 27.7 Å². The van der Waals surface area contributed by atoms with Gasteiger partial charge in [-0.3, -0.25) is 14.5 Å². The van der Waals surface area contributed by atoms with Crippen molar-refractivity contribution in [3.63, 3.8) is 0 Å². The molecule has 3 rings (SSSR count). The molecule has 0 aliphatic heterocycles. The van der Waals surface area contributed by atoms with E-state index < -0.39 is 15.8 Å². The Balaban J connectivity index is 1.51. The molecule has 2 N–H and O–H groups in total. The summed E-state index contributed by atoms with van der Waals surface area (Å²) in [5.74, 6) is -0.632. The molecule has 0 aliphatic carbocycles. The molecule has 150 valence electrons. The van der Waals surface area contributed by atoms with E-state index in [1.54, 1.807) is 30.5 Å². The third kappa shape index (κ3) is 6.11. The molecule has 0 radical (unpaired) electrons. The number of sulfonamides is 1. The number of pyridine rings is 1. The highest BCUT2D eigenvalue weighted by atomic mass is 32.2. The van der Waals surface area contributed by atoms with Gasteiger partial charge in [-0.25, -0.2) is 12.8 Å². The molecule has 6 nitrogen and oxygen atoms in total. The maximum Gasteiger partial charge on any atom is 0.261 e. The summed E-state index contributed by atoms with van der Waals surface area (Å²) in [6.07, 6.45) is 2.55. The van der Waals surface area contributed by atoms with Crippen LogP contribution in [0, 0.1) is 5.82 Å². The molecule has 8 heteroatoms. The van der Waals surface area contributed by atoms with Gasteiger partial charge in [0.15, 0.2) is 0 Å². The summed E-state index contributed by atoms with van der Waals surface area (Å²) < 4.78 is 40.0.